The maximum absolute atomic E-state index is 10.1. The Kier molecular flexibility index (Phi) is 4.88. The standard InChI is InChI=1S/C15H17ClN2O3/c1-9-15(20)12(10(8-19)6-17-9)7-18-14-5-11(21-2)3-4-13(14)16/h3-6,18-20H,7-8H2,1-2H3. The third-order valence-electron chi connectivity index (χ3n) is 3.23. The number of aliphatic hydroxyl groups excluding tert-OH is 1. The van der Waals surface area contributed by atoms with Gasteiger partial charge in [-0.3, -0.25) is 4.98 Å². The fourth-order valence-electron chi connectivity index (χ4n) is 1.97. The van der Waals surface area contributed by atoms with Gasteiger partial charge in [-0.05, 0) is 19.1 Å². The number of pyridine rings is 1. The minimum absolute atomic E-state index is 0.0769. The minimum atomic E-state index is -0.191. The van der Waals surface area contributed by atoms with Crippen molar-refractivity contribution >= 4 is 17.3 Å². The van der Waals surface area contributed by atoms with E-state index in [1.165, 1.54) is 0 Å². The fourth-order valence-corrected chi connectivity index (χ4v) is 2.15. The first kappa shape index (κ1) is 15.4. The van der Waals surface area contributed by atoms with E-state index in [9.17, 15) is 10.2 Å². The minimum Gasteiger partial charge on any atom is -0.506 e. The third kappa shape index (κ3) is 3.37. The molecule has 1 aromatic heterocycles. The highest BCUT2D eigenvalue weighted by atomic mass is 35.5. The van der Waals surface area contributed by atoms with E-state index < -0.39 is 0 Å². The molecule has 3 N–H and O–H groups in total. The first-order valence-electron chi connectivity index (χ1n) is 6.41. The summed E-state index contributed by atoms with van der Waals surface area (Å²) in [7, 11) is 1.58. The number of benzene rings is 1. The van der Waals surface area contributed by atoms with Gasteiger partial charge in [-0.1, -0.05) is 11.6 Å². The zero-order chi connectivity index (χ0) is 15.4. The molecule has 0 atom stereocenters. The molecular formula is C15H17ClN2O3. The van der Waals surface area contributed by atoms with Gasteiger partial charge in [-0.15, -0.1) is 0 Å². The largest absolute Gasteiger partial charge is 0.506 e. The molecule has 0 aliphatic heterocycles. The van der Waals surface area contributed by atoms with Gasteiger partial charge in [0.05, 0.1) is 30.1 Å². The van der Waals surface area contributed by atoms with Gasteiger partial charge >= 0.3 is 0 Å². The molecule has 0 aliphatic rings. The van der Waals surface area contributed by atoms with Crippen molar-refractivity contribution < 1.29 is 14.9 Å². The number of rotatable bonds is 5. The topological polar surface area (TPSA) is 74.6 Å². The number of aromatic nitrogens is 1. The van der Waals surface area contributed by atoms with Crippen LogP contribution in [0.2, 0.25) is 5.02 Å². The monoisotopic (exact) mass is 308 g/mol. The molecule has 0 radical (unpaired) electrons. The Morgan fingerprint density at radius 2 is 2.14 bits per heavy atom. The third-order valence-corrected chi connectivity index (χ3v) is 3.56. The Morgan fingerprint density at radius 1 is 1.38 bits per heavy atom. The summed E-state index contributed by atoms with van der Waals surface area (Å²) in [6.07, 6.45) is 1.55. The van der Waals surface area contributed by atoms with Crippen molar-refractivity contribution in [3.05, 3.63) is 46.2 Å². The van der Waals surface area contributed by atoms with Crippen molar-refractivity contribution in [2.75, 3.05) is 12.4 Å². The van der Waals surface area contributed by atoms with E-state index in [1.54, 1.807) is 38.4 Å². The Labute approximate surface area is 128 Å². The fraction of sp³-hybridized carbons (Fsp3) is 0.267. The van der Waals surface area contributed by atoms with E-state index >= 15 is 0 Å². The lowest BCUT2D eigenvalue weighted by Crippen LogP contribution is -2.06. The summed E-state index contributed by atoms with van der Waals surface area (Å²) in [4.78, 5) is 4.03. The summed E-state index contributed by atoms with van der Waals surface area (Å²) in [5, 5.41) is 23.1. The van der Waals surface area contributed by atoms with Crippen molar-refractivity contribution in [3.63, 3.8) is 0 Å². The number of hydrogen-bond donors (Lipinski definition) is 3. The van der Waals surface area contributed by atoms with Gasteiger partial charge in [-0.25, -0.2) is 0 Å². The Morgan fingerprint density at radius 3 is 2.81 bits per heavy atom. The number of hydrogen-bond acceptors (Lipinski definition) is 5. The summed E-state index contributed by atoms with van der Waals surface area (Å²) >= 11 is 6.12. The SMILES string of the molecule is COc1ccc(Cl)c(NCc2c(CO)cnc(C)c2O)c1. The smallest absolute Gasteiger partial charge is 0.142 e. The summed E-state index contributed by atoms with van der Waals surface area (Å²) < 4.78 is 5.15. The predicted molar refractivity (Wildman–Crippen MR) is 81.9 cm³/mol. The summed E-state index contributed by atoms with van der Waals surface area (Å²) in [6, 6.07) is 5.26. The van der Waals surface area contributed by atoms with Crippen LogP contribution >= 0.6 is 11.6 Å². The average Bonchev–Trinajstić information content (AvgIpc) is 2.50. The molecule has 0 bridgehead atoms. The molecule has 1 heterocycles. The summed E-state index contributed by atoms with van der Waals surface area (Å²) in [6.45, 7) is 1.83. The second-order valence-electron chi connectivity index (χ2n) is 4.55. The van der Waals surface area contributed by atoms with E-state index in [1.807, 2.05) is 0 Å². The number of nitrogens with one attached hydrogen (secondary N) is 1. The van der Waals surface area contributed by atoms with Gasteiger partial charge in [0.25, 0.3) is 0 Å². The van der Waals surface area contributed by atoms with Crippen molar-refractivity contribution in [1.82, 2.24) is 4.98 Å². The number of aryl methyl sites for hydroxylation is 1. The Bertz CT molecular complexity index is 647. The van der Waals surface area contributed by atoms with Gasteiger partial charge in [0.15, 0.2) is 0 Å². The van der Waals surface area contributed by atoms with Crippen molar-refractivity contribution in [1.29, 1.82) is 0 Å². The van der Waals surface area contributed by atoms with Gasteiger partial charge in [0.2, 0.25) is 0 Å². The van der Waals surface area contributed by atoms with Crippen LogP contribution in [0.3, 0.4) is 0 Å². The zero-order valence-electron chi connectivity index (χ0n) is 11.9. The highest BCUT2D eigenvalue weighted by molar-refractivity contribution is 6.33. The Hall–Kier alpha value is -1.98. The van der Waals surface area contributed by atoms with Crippen LogP contribution in [0, 0.1) is 6.92 Å². The molecule has 6 heteroatoms. The number of anilines is 1. The maximum atomic E-state index is 10.1. The second kappa shape index (κ2) is 6.65. The van der Waals surface area contributed by atoms with Crippen molar-refractivity contribution in [2.45, 2.75) is 20.1 Å². The molecule has 0 aliphatic carbocycles. The summed E-state index contributed by atoms with van der Waals surface area (Å²) in [5.41, 5.74) is 2.38. The van der Waals surface area contributed by atoms with Crippen LogP contribution in [0.25, 0.3) is 0 Å². The van der Waals surface area contributed by atoms with Gasteiger partial charge in [-0.2, -0.15) is 0 Å². The molecule has 21 heavy (non-hydrogen) atoms. The quantitative estimate of drug-likeness (QED) is 0.792. The zero-order valence-corrected chi connectivity index (χ0v) is 12.6. The molecule has 0 saturated carbocycles. The van der Waals surface area contributed by atoms with E-state index in [-0.39, 0.29) is 12.4 Å². The molecular weight excluding hydrogens is 292 g/mol. The highest BCUT2D eigenvalue weighted by Gasteiger charge is 2.12. The van der Waals surface area contributed by atoms with Crippen LogP contribution in [0.1, 0.15) is 16.8 Å². The number of halogens is 1. The number of ether oxygens (including phenoxy) is 1. The lowest BCUT2D eigenvalue weighted by Gasteiger charge is -2.14. The van der Waals surface area contributed by atoms with Crippen LogP contribution < -0.4 is 10.1 Å². The van der Waals surface area contributed by atoms with E-state index in [2.05, 4.69) is 10.3 Å². The molecule has 112 valence electrons. The lowest BCUT2D eigenvalue weighted by molar-refractivity contribution is 0.279. The van der Waals surface area contributed by atoms with Gasteiger partial charge in [0, 0.05) is 29.9 Å². The lowest BCUT2D eigenvalue weighted by atomic mass is 10.1. The highest BCUT2D eigenvalue weighted by Crippen LogP contribution is 2.29. The molecule has 0 spiro atoms. The van der Waals surface area contributed by atoms with Crippen molar-refractivity contribution in [2.24, 2.45) is 0 Å². The summed E-state index contributed by atoms with van der Waals surface area (Å²) in [5.74, 6) is 0.757. The first-order chi connectivity index (χ1) is 10.1. The molecule has 1 aromatic carbocycles. The molecule has 0 amide bonds. The molecule has 2 aromatic rings. The molecule has 2 rings (SSSR count). The normalized spacial score (nSPS) is 10.5. The predicted octanol–water partition coefficient (Wildman–Crippen LogP) is 2.86. The van der Waals surface area contributed by atoms with Crippen LogP contribution in [-0.4, -0.2) is 22.3 Å². The van der Waals surface area contributed by atoms with Gasteiger partial charge in [0.1, 0.15) is 11.5 Å². The van der Waals surface area contributed by atoms with Crippen LogP contribution in [0.4, 0.5) is 5.69 Å². The number of nitrogens with zero attached hydrogens (tertiary/aromatic N) is 1. The second-order valence-corrected chi connectivity index (χ2v) is 4.96. The van der Waals surface area contributed by atoms with Gasteiger partial charge < -0.3 is 20.3 Å². The number of aromatic hydroxyl groups is 1. The maximum Gasteiger partial charge on any atom is 0.142 e. The van der Waals surface area contributed by atoms with Crippen molar-refractivity contribution in [3.8, 4) is 11.5 Å². The van der Waals surface area contributed by atoms with E-state index in [0.29, 0.717) is 39.8 Å². The Balaban J connectivity index is 2.26. The number of methoxy groups -OCH3 is 1. The van der Waals surface area contributed by atoms with E-state index in [0.717, 1.165) is 0 Å². The molecule has 0 fully saturated rings. The van der Waals surface area contributed by atoms with Crippen LogP contribution in [-0.2, 0) is 13.2 Å². The number of aliphatic hydroxyl groups is 1. The molecule has 5 nitrogen and oxygen atoms in total. The van der Waals surface area contributed by atoms with Crippen LogP contribution in [0.15, 0.2) is 24.4 Å². The van der Waals surface area contributed by atoms with E-state index in [4.69, 9.17) is 16.3 Å². The van der Waals surface area contributed by atoms with Crippen LogP contribution in [0.5, 0.6) is 11.5 Å². The molecule has 0 unspecified atom stereocenters. The average molecular weight is 309 g/mol. The first-order valence-corrected chi connectivity index (χ1v) is 6.79. The molecule has 0 saturated heterocycles.